The third-order valence-electron chi connectivity index (χ3n) is 3.86. The molecule has 2 aromatic rings. The number of nitrogens with one attached hydrogen (secondary N) is 2. The Morgan fingerprint density at radius 3 is 2.75 bits per heavy atom. The van der Waals surface area contributed by atoms with Gasteiger partial charge >= 0.3 is 6.18 Å². The lowest BCUT2D eigenvalue weighted by Gasteiger charge is -2.13. The maximum atomic E-state index is 13.2. The fourth-order valence-electron chi connectivity index (χ4n) is 2.66. The summed E-state index contributed by atoms with van der Waals surface area (Å²) in [5.41, 5.74) is 1.00. The second-order valence-corrected chi connectivity index (χ2v) is 5.62. The zero-order valence-electron chi connectivity index (χ0n) is 12.5. The number of carbonyl (C=O) groups is 1. The van der Waals surface area contributed by atoms with E-state index >= 15 is 0 Å². The van der Waals surface area contributed by atoms with E-state index in [9.17, 15) is 22.4 Å². The molecule has 0 bridgehead atoms. The maximum Gasteiger partial charge on any atom is 0.416 e. The minimum atomic E-state index is -4.42. The van der Waals surface area contributed by atoms with Crippen molar-refractivity contribution in [3.63, 3.8) is 0 Å². The number of carbonyl (C=O) groups excluding carboxylic acids is 1. The fourth-order valence-corrected chi connectivity index (χ4v) is 2.66. The zero-order chi connectivity index (χ0) is 17.3. The van der Waals surface area contributed by atoms with Crippen LogP contribution in [0.1, 0.15) is 16.7 Å². The molecule has 126 valence electrons. The number of amides is 1. The van der Waals surface area contributed by atoms with Crippen molar-refractivity contribution in [1.29, 1.82) is 0 Å². The molecule has 0 aromatic heterocycles. The summed E-state index contributed by atoms with van der Waals surface area (Å²) in [6.07, 6.45) is -4.08. The molecule has 3 nitrogen and oxygen atoms in total. The smallest absolute Gasteiger partial charge is 0.373 e. The third-order valence-corrected chi connectivity index (χ3v) is 3.86. The molecule has 0 saturated heterocycles. The Hall–Kier alpha value is -2.57. The molecule has 1 aliphatic heterocycles. The molecule has 0 saturated carbocycles. The predicted octanol–water partition coefficient (Wildman–Crippen LogP) is 3.50. The summed E-state index contributed by atoms with van der Waals surface area (Å²) in [6, 6.07) is 8.47. The number of alkyl halides is 3. The largest absolute Gasteiger partial charge is 0.416 e. The van der Waals surface area contributed by atoms with Gasteiger partial charge in [-0.2, -0.15) is 13.2 Å². The van der Waals surface area contributed by atoms with Crippen LogP contribution in [0.5, 0.6) is 0 Å². The van der Waals surface area contributed by atoms with E-state index in [2.05, 4.69) is 10.6 Å². The second kappa shape index (κ2) is 6.14. The van der Waals surface area contributed by atoms with E-state index in [1.807, 2.05) is 0 Å². The lowest BCUT2D eigenvalue weighted by atomic mass is 10.1. The molecule has 0 radical (unpaired) electrons. The van der Waals surface area contributed by atoms with Gasteiger partial charge in [-0.05, 0) is 41.5 Å². The maximum absolute atomic E-state index is 13.2. The normalized spacial score (nSPS) is 16.4. The Bertz CT molecular complexity index is 773. The van der Waals surface area contributed by atoms with Crippen LogP contribution in [0.15, 0.2) is 42.5 Å². The molecule has 1 atom stereocenters. The van der Waals surface area contributed by atoms with Crippen LogP contribution in [-0.2, 0) is 23.9 Å². The summed E-state index contributed by atoms with van der Waals surface area (Å²) < 4.78 is 51.2. The van der Waals surface area contributed by atoms with Gasteiger partial charge in [0.2, 0.25) is 5.91 Å². The van der Waals surface area contributed by atoms with E-state index in [0.29, 0.717) is 23.2 Å². The van der Waals surface area contributed by atoms with E-state index in [4.69, 9.17) is 0 Å². The van der Waals surface area contributed by atoms with Gasteiger partial charge in [0.05, 0.1) is 5.56 Å². The first-order valence-electron chi connectivity index (χ1n) is 7.32. The van der Waals surface area contributed by atoms with Gasteiger partial charge in [-0.1, -0.05) is 12.1 Å². The minimum Gasteiger partial charge on any atom is -0.373 e. The quantitative estimate of drug-likeness (QED) is 0.841. The highest BCUT2D eigenvalue weighted by Crippen LogP contribution is 2.29. The number of rotatable bonds is 3. The highest BCUT2D eigenvalue weighted by Gasteiger charge is 2.30. The molecule has 3 rings (SSSR count). The van der Waals surface area contributed by atoms with Gasteiger partial charge < -0.3 is 10.6 Å². The summed E-state index contributed by atoms with van der Waals surface area (Å²) in [5.74, 6) is -0.718. The van der Waals surface area contributed by atoms with Crippen molar-refractivity contribution in [2.75, 3.05) is 5.32 Å². The SMILES string of the molecule is O=C(NCc1cccc(C(F)(F)F)c1)C1Cc2cc(F)ccc2N1. The van der Waals surface area contributed by atoms with E-state index in [-0.39, 0.29) is 18.3 Å². The Morgan fingerprint density at radius 2 is 2.00 bits per heavy atom. The van der Waals surface area contributed by atoms with Crippen LogP contribution in [0.3, 0.4) is 0 Å². The number of hydrogen-bond acceptors (Lipinski definition) is 2. The van der Waals surface area contributed by atoms with Crippen molar-refractivity contribution < 1.29 is 22.4 Å². The van der Waals surface area contributed by atoms with E-state index in [1.54, 1.807) is 6.07 Å². The number of hydrogen-bond donors (Lipinski definition) is 2. The molecule has 1 aliphatic rings. The van der Waals surface area contributed by atoms with Crippen molar-refractivity contribution in [3.05, 3.63) is 65.0 Å². The van der Waals surface area contributed by atoms with Crippen LogP contribution in [0, 0.1) is 5.82 Å². The molecule has 1 heterocycles. The summed E-state index contributed by atoms with van der Waals surface area (Å²) in [4.78, 5) is 12.2. The Kier molecular flexibility index (Phi) is 4.17. The van der Waals surface area contributed by atoms with Gasteiger partial charge in [-0.15, -0.1) is 0 Å². The van der Waals surface area contributed by atoms with Crippen LogP contribution in [0.2, 0.25) is 0 Å². The fraction of sp³-hybridized carbons (Fsp3) is 0.235. The van der Waals surface area contributed by atoms with Crippen LogP contribution < -0.4 is 10.6 Å². The highest BCUT2D eigenvalue weighted by molar-refractivity contribution is 5.87. The van der Waals surface area contributed by atoms with Gasteiger partial charge in [0.1, 0.15) is 11.9 Å². The van der Waals surface area contributed by atoms with Crippen LogP contribution in [0.25, 0.3) is 0 Å². The molecule has 24 heavy (non-hydrogen) atoms. The van der Waals surface area contributed by atoms with E-state index in [0.717, 1.165) is 12.1 Å². The predicted molar refractivity (Wildman–Crippen MR) is 80.8 cm³/mol. The van der Waals surface area contributed by atoms with Gasteiger partial charge in [0, 0.05) is 18.7 Å². The molecule has 7 heteroatoms. The highest BCUT2D eigenvalue weighted by atomic mass is 19.4. The molecule has 0 fully saturated rings. The molecule has 1 amide bonds. The van der Waals surface area contributed by atoms with Gasteiger partial charge in [-0.3, -0.25) is 4.79 Å². The van der Waals surface area contributed by atoms with Crippen molar-refractivity contribution >= 4 is 11.6 Å². The van der Waals surface area contributed by atoms with Crippen LogP contribution in [0.4, 0.5) is 23.2 Å². The van der Waals surface area contributed by atoms with Crippen molar-refractivity contribution in [3.8, 4) is 0 Å². The van der Waals surface area contributed by atoms with Crippen molar-refractivity contribution in [2.45, 2.75) is 25.2 Å². The summed E-state index contributed by atoms with van der Waals surface area (Å²) >= 11 is 0. The Balaban J connectivity index is 1.61. The molecular formula is C17H14F4N2O. The molecular weight excluding hydrogens is 324 g/mol. The first-order valence-corrected chi connectivity index (χ1v) is 7.32. The van der Waals surface area contributed by atoms with Gasteiger partial charge in [-0.25, -0.2) is 4.39 Å². The van der Waals surface area contributed by atoms with E-state index < -0.39 is 17.8 Å². The van der Waals surface area contributed by atoms with E-state index in [1.165, 1.54) is 24.3 Å². The first kappa shape index (κ1) is 16.3. The monoisotopic (exact) mass is 338 g/mol. The summed E-state index contributed by atoms with van der Waals surface area (Å²) in [7, 11) is 0. The molecule has 2 N–H and O–H groups in total. The first-order chi connectivity index (χ1) is 11.3. The third kappa shape index (κ3) is 3.50. The molecule has 0 spiro atoms. The summed E-state index contributed by atoms with van der Waals surface area (Å²) in [6.45, 7) is -0.00829. The Morgan fingerprint density at radius 1 is 1.21 bits per heavy atom. The van der Waals surface area contributed by atoms with Crippen LogP contribution >= 0.6 is 0 Å². The molecule has 1 unspecified atom stereocenters. The topological polar surface area (TPSA) is 41.1 Å². The van der Waals surface area contributed by atoms with Crippen molar-refractivity contribution in [1.82, 2.24) is 5.32 Å². The number of fused-ring (bicyclic) bond motifs is 1. The van der Waals surface area contributed by atoms with Gasteiger partial charge in [0.25, 0.3) is 0 Å². The molecule has 0 aliphatic carbocycles. The van der Waals surface area contributed by atoms with Gasteiger partial charge in [0.15, 0.2) is 0 Å². The average Bonchev–Trinajstić information content (AvgIpc) is 2.95. The Labute approximate surface area is 135 Å². The number of halogens is 4. The minimum absolute atomic E-state index is 0.00829. The lowest BCUT2D eigenvalue weighted by Crippen LogP contribution is -2.38. The second-order valence-electron chi connectivity index (χ2n) is 5.62. The standard InChI is InChI=1S/C17H14F4N2O/c18-13-4-5-14-11(7-13)8-15(23-14)16(24)22-9-10-2-1-3-12(6-10)17(19,20)21/h1-7,15,23H,8-9H2,(H,22,24). The lowest BCUT2D eigenvalue weighted by molar-refractivity contribution is -0.137. The average molecular weight is 338 g/mol. The molecule has 2 aromatic carbocycles. The number of benzene rings is 2. The van der Waals surface area contributed by atoms with Crippen LogP contribution in [-0.4, -0.2) is 11.9 Å². The van der Waals surface area contributed by atoms with Crippen molar-refractivity contribution in [2.24, 2.45) is 0 Å². The zero-order valence-corrected chi connectivity index (χ0v) is 12.5. The number of anilines is 1. The summed E-state index contributed by atoms with van der Waals surface area (Å²) in [5, 5.41) is 5.58.